The first-order valence-corrected chi connectivity index (χ1v) is 7.60. The molecule has 0 radical (unpaired) electrons. The van der Waals surface area contributed by atoms with E-state index in [-0.39, 0.29) is 5.41 Å². The molecule has 0 aliphatic heterocycles. The van der Waals surface area contributed by atoms with E-state index in [4.69, 9.17) is 4.74 Å². The van der Waals surface area contributed by atoms with Crippen LogP contribution < -0.4 is 5.32 Å². The summed E-state index contributed by atoms with van der Waals surface area (Å²) >= 11 is 1.91. The predicted octanol–water partition coefficient (Wildman–Crippen LogP) is 3.95. The molecule has 1 atom stereocenters. The van der Waals surface area contributed by atoms with E-state index in [2.05, 4.69) is 45.1 Å². The summed E-state index contributed by atoms with van der Waals surface area (Å²) in [6.07, 6.45) is 2.37. The van der Waals surface area contributed by atoms with Crippen LogP contribution in [0.15, 0.2) is 12.1 Å². The van der Waals surface area contributed by atoms with Crippen molar-refractivity contribution in [1.82, 2.24) is 5.32 Å². The number of hydrogen-bond acceptors (Lipinski definition) is 3. The van der Waals surface area contributed by atoms with Gasteiger partial charge in [-0.1, -0.05) is 34.1 Å². The molecule has 1 aromatic rings. The van der Waals surface area contributed by atoms with Crippen molar-refractivity contribution in [2.45, 2.75) is 58.5 Å². The highest BCUT2D eigenvalue weighted by Gasteiger charge is 2.16. The van der Waals surface area contributed by atoms with Gasteiger partial charge in [0.15, 0.2) is 0 Å². The third-order valence-electron chi connectivity index (χ3n) is 2.97. The molecule has 0 fully saturated rings. The Hall–Kier alpha value is -0.380. The summed E-state index contributed by atoms with van der Waals surface area (Å²) in [5.41, 5.74) is 0.262. The number of thiophene rings is 1. The summed E-state index contributed by atoms with van der Waals surface area (Å²) in [6.45, 7) is 10.8. The van der Waals surface area contributed by atoms with E-state index in [1.807, 2.05) is 11.3 Å². The minimum Gasteiger partial charge on any atom is -0.383 e. The van der Waals surface area contributed by atoms with Crippen molar-refractivity contribution in [1.29, 1.82) is 0 Å². The highest BCUT2D eigenvalue weighted by molar-refractivity contribution is 7.12. The summed E-state index contributed by atoms with van der Waals surface area (Å²) in [6, 6.07) is 4.97. The van der Waals surface area contributed by atoms with Gasteiger partial charge in [-0.2, -0.15) is 0 Å². The molecule has 0 spiro atoms. The topological polar surface area (TPSA) is 21.3 Å². The molecular formula is C15H27NOS. The van der Waals surface area contributed by atoms with Crippen LogP contribution in [-0.4, -0.2) is 19.8 Å². The van der Waals surface area contributed by atoms with Crippen LogP contribution in [0.5, 0.6) is 0 Å². The highest BCUT2D eigenvalue weighted by Crippen LogP contribution is 2.29. The zero-order chi connectivity index (χ0) is 13.6. The van der Waals surface area contributed by atoms with Crippen LogP contribution in [0.4, 0.5) is 0 Å². The van der Waals surface area contributed by atoms with Gasteiger partial charge in [0.2, 0.25) is 0 Å². The Morgan fingerprint density at radius 3 is 2.56 bits per heavy atom. The minimum absolute atomic E-state index is 0.262. The normalized spacial score (nSPS) is 13.8. The first-order chi connectivity index (χ1) is 8.47. The van der Waals surface area contributed by atoms with Crippen molar-refractivity contribution in [2.75, 3.05) is 13.7 Å². The summed E-state index contributed by atoms with van der Waals surface area (Å²) in [4.78, 5) is 2.87. The quantitative estimate of drug-likeness (QED) is 0.809. The smallest absolute Gasteiger partial charge is 0.0615 e. The molecule has 1 unspecified atom stereocenters. The molecule has 18 heavy (non-hydrogen) atoms. The molecule has 3 heteroatoms. The Kier molecular flexibility index (Phi) is 6.33. The van der Waals surface area contributed by atoms with Crippen LogP contribution in [0, 0.1) is 0 Å². The van der Waals surface area contributed by atoms with E-state index in [9.17, 15) is 0 Å². The van der Waals surface area contributed by atoms with E-state index >= 15 is 0 Å². The molecule has 0 saturated carbocycles. The van der Waals surface area contributed by atoms with Crippen LogP contribution >= 0.6 is 11.3 Å². The molecule has 2 nitrogen and oxygen atoms in total. The van der Waals surface area contributed by atoms with Crippen molar-refractivity contribution in [3.63, 3.8) is 0 Å². The molecule has 0 bridgehead atoms. The van der Waals surface area contributed by atoms with Crippen LogP contribution in [-0.2, 0) is 16.7 Å². The number of methoxy groups -OCH3 is 1. The highest BCUT2D eigenvalue weighted by atomic mass is 32.1. The second-order valence-corrected chi connectivity index (χ2v) is 7.01. The second-order valence-electron chi connectivity index (χ2n) is 5.84. The summed E-state index contributed by atoms with van der Waals surface area (Å²) < 4.78 is 5.25. The van der Waals surface area contributed by atoms with Gasteiger partial charge in [-0.25, -0.2) is 0 Å². The average molecular weight is 269 g/mol. The van der Waals surface area contributed by atoms with Crippen LogP contribution in [0.25, 0.3) is 0 Å². The Bertz CT molecular complexity index is 335. The van der Waals surface area contributed by atoms with Gasteiger partial charge in [-0.15, -0.1) is 11.3 Å². The summed E-state index contributed by atoms with van der Waals surface area (Å²) in [5.74, 6) is 0. The molecule has 104 valence electrons. The van der Waals surface area contributed by atoms with Gasteiger partial charge in [0.25, 0.3) is 0 Å². The maximum absolute atomic E-state index is 5.25. The lowest BCUT2D eigenvalue weighted by atomic mass is 9.95. The van der Waals surface area contributed by atoms with Crippen molar-refractivity contribution in [3.8, 4) is 0 Å². The van der Waals surface area contributed by atoms with Gasteiger partial charge < -0.3 is 10.1 Å². The maximum atomic E-state index is 5.25. The Morgan fingerprint density at radius 2 is 2.06 bits per heavy atom. The fourth-order valence-electron chi connectivity index (χ4n) is 1.91. The molecule has 1 N–H and O–H groups in total. The van der Waals surface area contributed by atoms with Gasteiger partial charge in [0.1, 0.15) is 0 Å². The van der Waals surface area contributed by atoms with E-state index in [1.165, 1.54) is 22.6 Å². The van der Waals surface area contributed by atoms with Gasteiger partial charge in [-0.05, 0) is 24.0 Å². The van der Waals surface area contributed by atoms with Gasteiger partial charge in [-0.3, -0.25) is 0 Å². The third kappa shape index (κ3) is 5.09. The third-order valence-corrected chi connectivity index (χ3v) is 4.48. The molecule has 0 saturated heterocycles. The van der Waals surface area contributed by atoms with E-state index in [0.717, 1.165) is 13.2 Å². The molecule has 1 aromatic heterocycles. The summed E-state index contributed by atoms with van der Waals surface area (Å²) in [7, 11) is 1.77. The van der Waals surface area contributed by atoms with Crippen molar-refractivity contribution >= 4 is 11.3 Å². The largest absolute Gasteiger partial charge is 0.383 e. The standard InChI is InChI=1S/C15H27NOS/c1-6-7-12(11-17-5)16-10-13-8-9-14(18-13)15(2,3)4/h8-9,12,16H,6-7,10-11H2,1-5H3. The monoisotopic (exact) mass is 269 g/mol. The minimum atomic E-state index is 0.262. The molecule has 1 rings (SSSR count). The molecule has 0 aromatic carbocycles. The SMILES string of the molecule is CCCC(COC)NCc1ccc(C(C)(C)C)s1. The lowest BCUT2D eigenvalue weighted by molar-refractivity contribution is 0.161. The van der Waals surface area contributed by atoms with Gasteiger partial charge in [0.05, 0.1) is 6.61 Å². The van der Waals surface area contributed by atoms with E-state index < -0.39 is 0 Å². The molecule has 0 amide bonds. The van der Waals surface area contributed by atoms with Crippen molar-refractivity contribution < 1.29 is 4.74 Å². The zero-order valence-corrected chi connectivity index (χ0v) is 13.2. The fraction of sp³-hybridized carbons (Fsp3) is 0.733. The lowest BCUT2D eigenvalue weighted by Crippen LogP contribution is -2.32. The summed E-state index contributed by atoms with van der Waals surface area (Å²) in [5, 5.41) is 3.59. The first kappa shape index (κ1) is 15.7. The molecule has 1 heterocycles. The van der Waals surface area contributed by atoms with Crippen molar-refractivity contribution in [2.24, 2.45) is 0 Å². The average Bonchev–Trinajstić information content (AvgIpc) is 2.75. The molecular weight excluding hydrogens is 242 g/mol. The van der Waals surface area contributed by atoms with Crippen LogP contribution in [0.3, 0.4) is 0 Å². The Morgan fingerprint density at radius 1 is 1.33 bits per heavy atom. The second kappa shape index (κ2) is 7.27. The Balaban J connectivity index is 2.49. The van der Waals surface area contributed by atoms with Gasteiger partial charge >= 0.3 is 0 Å². The van der Waals surface area contributed by atoms with Crippen LogP contribution in [0.2, 0.25) is 0 Å². The zero-order valence-electron chi connectivity index (χ0n) is 12.4. The van der Waals surface area contributed by atoms with Gasteiger partial charge in [0, 0.05) is 29.5 Å². The fourth-order valence-corrected chi connectivity index (χ4v) is 2.93. The maximum Gasteiger partial charge on any atom is 0.0615 e. The van der Waals surface area contributed by atoms with Crippen molar-refractivity contribution in [3.05, 3.63) is 21.9 Å². The number of rotatable bonds is 7. The number of hydrogen-bond donors (Lipinski definition) is 1. The van der Waals surface area contributed by atoms with E-state index in [1.54, 1.807) is 7.11 Å². The lowest BCUT2D eigenvalue weighted by Gasteiger charge is -2.17. The molecule has 0 aliphatic carbocycles. The number of nitrogens with one attached hydrogen (secondary N) is 1. The van der Waals surface area contributed by atoms with E-state index in [0.29, 0.717) is 6.04 Å². The van der Waals surface area contributed by atoms with Crippen LogP contribution in [0.1, 0.15) is 50.3 Å². The first-order valence-electron chi connectivity index (χ1n) is 6.79. The Labute approximate surface area is 116 Å². The number of ether oxygens (including phenoxy) is 1. The predicted molar refractivity (Wildman–Crippen MR) is 80.4 cm³/mol. The molecule has 0 aliphatic rings.